The number of aryl methyl sites for hydroxylation is 1. The van der Waals surface area contributed by atoms with E-state index < -0.39 is 0 Å². The molecule has 90 valence electrons. The molecule has 0 aliphatic heterocycles. The van der Waals surface area contributed by atoms with Gasteiger partial charge in [-0.1, -0.05) is 22.0 Å². The Kier molecular flexibility index (Phi) is 3.47. The Balaban J connectivity index is 2.17. The van der Waals surface area contributed by atoms with E-state index in [1.54, 1.807) is 10.7 Å². The maximum Gasteiger partial charge on any atom is 0.148 e. The van der Waals surface area contributed by atoms with Crippen molar-refractivity contribution in [2.24, 2.45) is 7.05 Å². The summed E-state index contributed by atoms with van der Waals surface area (Å²) in [4.78, 5) is 0. The number of hydrogen-bond donors (Lipinski definition) is 1. The molecule has 0 bridgehead atoms. The first-order valence-corrected chi connectivity index (χ1v) is 6.06. The predicted molar refractivity (Wildman–Crippen MR) is 69.3 cm³/mol. The molecule has 1 unspecified atom stereocenters. The molecule has 1 aromatic carbocycles. The van der Waals surface area contributed by atoms with Crippen LogP contribution in [0.4, 0.5) is 10.2 Å². The first-order chi connectivity index (χ1) is 8.06. The third-order valence-corrected chi connectivity index (χ3v) is 3.19. The van der Waals surface area contributed by atoms with Gasteiger partial charge in [0.25, 0.3) is 0 Å². The number of rotatable bonds is 3. The number of nitrogens with zero attached hydrogens (tertiary/aromatic N) is 2. The molecule has 0 aliphatic rings. The Bertz CT molecular complexity index is 524. The first-order valence-electron chi connectivity index (χ1n) is 5.27. The van der Waals surface area contributed by atoms with Crippen LogP contribution < -0.4 is 5.32 Å². The SMILES string of the molecule is CC(Nc1ccn(C)n1)c1ccc(F)cc1Br. The molecular weight excluding hydrogens is 285 g/mol. The lowest BCUT2D eigenvalue weighted by atomic mass is 10.1. The van der Waals surface area contributed by atoms with Gasteiger partial charge in [-0.2, -0.15) is 5.10 Å². The normalized spacial score (nSPS) is 12.5. The fourth-order valence-electron chi connectivity index (χ4n) is 1.64. The Morgan fingerprint density at radius 3 is 2.76 bits per heavy atom. The molecule has 0 amide bonds. The standard InChI is InChI=1S/C12H13BrFN3/c1-8(15-12-5-6-17(2)16-12)10-4-3-9(14)7-11(10)13/h3-8H,1-2H3,(H,15,16). The summed E-state index contributed by atoms with van der Waals surface area (Å²) in [6.07, 6.45) is 1.87. The third-order valence-electron chi connectivity index (χ3n) is 2.51. The molecule has 1 N–H and O–H groups in total. The quantitative estimate of drug-likeness (QED) is 0.940. The van der Waals surface area contributed by atoms with Gasteiger partial charge in [-0.25, -0.2) is 4.39 Å². The highest BCUT2D eigenvalue weighted by Gasteiger charge is 2.10. The largest absolute Gasteiger partial charge is 0.362 e. The van der Waals surface area contributed by atoms with E-state index in [9.17, 15) is 4.39 Å². The third kappa shape index (κ3) is 2.85. The van der Waals surface area contributed by atoms with Gasteiger partial charge in [-0.15, -0.1) is 0 Å². The van der Waals surface area contributed by atoms with Crippen LogP contribution >= 0.6 is 15.9 Å². The predicted octanol–water partition coefficient (Wildman–Crippen LogP) is 3.49. The van der Waals surface area contributed by atoms with Gasteiger partial charge in [0.2, 0.25) is 0 Å². The molecule has 2 aromatic rings. The molecule has 0 fully saturated rings. The van der Waals surface area contributed by atoms with Crippen molar-refractivity contribution < 1.29 is 4.39 Å². The maximum absolute atomic E-state index is 13.0. The van der Waals surface area contributed by atoms with Crippen LogP contribution in [0.5, 0.6) is 0 Å². The topological polar surface area (TPSA) is 29.9 Å². The molecular formula is C12H13BrFN3. The smallest absolute Gasteiger partial charge is 0.148 e. The van der Waals surface area contributed by atoms with E-state index >= 15 is 0 Å². The van der Waals surface area contributed by atoms with Gasteiger partial charge < -0.3 is 5.32 Å². The molecule has 3 nitrogen and oxygen atoms in total. The lowest BCUT2D eigenvalue weighted by molar-refractivity contribution is 0.625. The minimum atomic E-state index is -0.245. The number of aromatic nitrogens is 2. The van der Waals surface area contributed by atoms with E-state index in [1.165, 1.54) is 12.1 Å². The van der Waals surface area contributed by atoms with Crippen molar-refractivity contribution in [3.8, 4) is 0 Å². The molecule has 0 saturated carbocycles. The second kappa shape index (κ2) is 4.87. The van der Waals surface area contributed by atoms with E-state index in [4.69, 9.17) is 0 Å². The van der Waals surface area contributed by atoms with Crippen LogP contribution in [0, 0.1) is 5.82 Å². The van der Waals surface area contributed by atoms with Crippen LogP contribution in [-0.4, -0.2) is 9.78 Å². The average molecular weight is 298 g/mol. The number of halogens is 2. The summed E-state index contributed by atoms with van der Waals surface area (Å²) in [7, 11) is 1.86. The molecule has 2 rings (SSSR count). The minimum absolute atomic E-state index is 0.0554. The summed E-state index contributed by atoms with van der Waals surface area (Å²) in [5.74, 6) is 0.557. The zero-order valence-corrected chi connectivity index (χ0v) is 11.2. The molecule has 1 aromatic heterocycles. The van der Waals surface area contributed by atoms with Crippen molar-refractivity contribution in [3.63, 3.8) is 0 Å². The van der Waals surface area contributed by atoms with Crippen molar-refractivity contribution in [2.75, 3.05) is 5.32 Å². The molecule has 1 heterocycles. The second-order valence-electron chi connectivity index (χ2n) is 3.91. The van der Waals surface area contributed by atoms with E-state index in [2.05, 4.69) is 26.3 Å². The van der Waals surface area contributed by atoms with Crippen molar-refractivity contribution in [1.82, 2.24) is 9.78 Å². The fourth-order valence-corrected chi connectivity index (χ4v) is 2.34. The fraction of sp³-hybridized carbons (Fsp3) is 0.250. The molecule has 1 atom stereocenters. The van der Waals surface area contributed by atoms with E-state index in [-0.39, 0.29) is 11.9 Å². The van der Waals surface area contributed by atoms with E-state index in [0.29, 0.717) is 0 Å². The van der Waals surface area contributed by atoms with Gasteiger partial charge >= 0.3 is 0 Å². The summed E-state index contributed by atoms with van der Waals surface area (Å²) in [5, 5.41) is 7.49. The Hall–Kier alpha value is -1.36. The Labute approximate surface area is 108 Å². The second-order valence-corrected chi connectivity index (χ2v) is 4.76. The van der Waals surface area contributed by atoms with Crippen molar-refractivity contribution in [3.05, 3.63) is 46.3 Å². The molecule has 0 spiro atoms. The van der Waals surface area contributed by atoms with Gasteiger partial charge in [0.15, 0.2) is 0 Å². The summed E-state index contributed by atoms with van der Waals surface area (Å²) < 4.78 is 15.5. The summed E-state index contributed by atoms with van der Waals surface area (Å²) >= 11 is 3.36. The van der Waals surface area contributed by atoms with Crippen molar-refractivity contribution in [1.29, 1.82) is 0 Å². The van der Waals surface area contributed by atoms with Gasteiger partial charge in [0.1, 0.15) is 11.6 Å². The number of anilines is 1. The molecule has 0 aliphatic carbocycles. The highest BCUT2D eigenvalue weighted by Crippen LogP contribution is 2.26. The number of hydrogen-bond acceptors (Lipinski definition) is 2. The molecule has 5 heteroatoms. The summed E-state index contributed by atoms with van der Waals surface area (Å²) in [6, 6.07) is 6.64. The first kappa shape index (κ1) is 12.1. The Morgan fingerprint density at radius 1 is 1.41 bits per heavy atom. The lowest BCUT2D eigenvalue weighted by Crippen LogP contribution is -2.08. The number of benzene rings is 1. The van der Waals surface area contributed by atoms with Crippen LogP contribution in [0.2, 0.25) is 0 Å². The van der Waals surface area contributed by atoms with Crippen LogP contribution in [0.1, 0.15) is 18.5 Å². The Morgan fingerprint density at radius 2 is 2.18 bits per heavy atom. The van der Waals surface area contributed by atoms with Gasteiger partial charge in [-0.05, 0) is 24.6 Å². The zero-order chi connectivity index (χ0) is 12.4. The van der Waals surface area contributed by atoms with Gasteiger partial charge in [-0.3, -0.25) is 4.68 Å². The zero-order valence-electron chi connectivity index (χ0n) is 9.61. The van der Waals surface area contributed by atoms with Crippen LogP contribution in [0.25, 0.3) is 0 Å². The monoisotopic (exact) mass is 297 g/mol. The van der Waals surface area contributed by atoms with E-state index in [0.717, 1.165) is 15.9 Å². The maximum atomic E-state index is 13.0. The van der Waals surface area contributed by atoms with Gasteiger partial charge in [0, 0.05) is 23.8 Å². The average Bonchev–Trinajstić information content (AvgIpc) is 2.63. The highest BCUT2D eigenvalue weighted by atomic mass is 79.9. The lowest BCUT2D eigenvalue weighted by Gasteiger charge is -2.15. The molecule has 17 heavy (non-hydrogen) atoms. The molecule has 0 radical (unpaired) electrons. The van der Waals surface area contributed by atoms with Crippen LogP contribution in [-0.2, 0) is 7.05 Å². The van der Waals surface area contributed by atoms with Crippen molar-refractivity contribution >= 4 is 21.7 Å². The van der Waals surface area contributed by atoms with E-state index in [1.807, 2.05) is 26.2 Å². The van der Waals surface area contributed by atoms with Gasteiger partial charge in [0.05, 0.1) is 6.04 Å². The highest BCUT2D eigenvalue weighted by molar-refractivity contribution is 9.10. The van der Waals surface area contributed by atoms with Crippen molar-refractivity contribution in [2.45, 2.75) is 13.0 Å². The minimum Gasteiger partial charge on any atom is -0.362 e. The van der Waals surface area contributed by atoms with Crippen LogP contribution in [0.3, 0.4) is 0 Å². The summed E-state index contributed by atoms with van der Waals surface area (Å²) in [5.41, 5.74) is 0.997. The molecule has 0 saturated heterocycles. The number of nitrogens with one attached hydrogen (secondary N) is 1. The summed E-state index contributed by atoms with van der Waals surface area (Å²) in [6.45, 7) is 2.01. The van der Waals surface area contributed by atoms with Crippen LogP contribution in [0.15, 0.2) is 34.9 Å².